The average molecular weight is 485 g/mol. The van der Waals surface area contributed by atoms with Crippen molar-refractivity contribution in [2.45, 2.75) is 25.7 Å². The van der Waals surface area contributed by atoms with E-state index < -0.39 is 17.4 Å². The van der Waals surface area contributed by atoms with Gasteiger partial charge in [-0.1, -0.05) is 60.7 Å². The van der Waals surface area contributed by atoms with Gasteiger partial charge in [-0.05, 0) is 11.1 Å². The third-order valence-corrected chi connectivity index (χ3v) is 5.59. The summed E-state index contributed by atoms with van der Waals surface area (Å²) in [6.45, 7) is 1.58. The van der Waals surface area contributed by atoms with Crippen LogP contribution in [0.4, 0.5) is 5.95 Å². The second-order valence-corrected chi connectivity index (χ2v) is 8.03. The van der Waals surface area contributed by atoms with Gasteiger partial charge >= 0.3 is 5.69 Å². The number of hydrogen-bond donors (Lipinski definition) is 3. The molecule has 0 aliphatic rings. The van der Waals surface area contributed by atoms with Crippen LogP contribution in [-0.4, -0.2) is 36.4 Å². The minimum atomic E-state index is -0.773. The molecule has 0 saturated heterocycles. The smallest absolute Gasteiger partial charge is 0.332 e. The first-order chi connectivity index (χ1) is 16.0. The fraction of sp³-hybridized carbons (Fsp3) is 0.292. The van der Waals surface area contributed by atoms with Gasteiger partial charge in [0.15, 0.2) is 11.2 Å². The van der Waals surface area contributed by atoms with E-state index in [1.165, 1.54) is 11.6 Å². The Morgan fingerprint density at radius 3 is 2.12 bits per heavy atom. The standard InChI is InChI=1S/C24H28N6O3.ClH/c1-28-21-20(22(32)29(2)24(28)33)30(23(27-21)26-14-18-11-7-4-8-12-18)16-19(31)15-25-13-17-9-5-3-6-10-17;/h3-12,19,25,31H,13-16H2,1-2H3,(H,26,27);1H. The minimum absolute atomic E-state index is 0. The highest BCUT2D eigenvalue weighted by molar-refractivity contribution is 5.85. The van der Waals surface area contributed by atoms with Gasteiger partial charge in [0, 0.05) is 33.7 Å². The number of nitrogens with one attached hydrogen (secondary N) is 2. The van der Waals surface area contributed by atoms with Crippen LogP contribution in [0.3, 0.4) is 0 Å². The number of halogens is 1. The zero-order chi connectivity index (χ0) is 23.4. The summed E-state index contributed by atoms with van der Waals surface area (Å²) >= 11 is 0. The van der Waals surface area contributed by atoms with Gasteiger partial charge in [-0.15, -0.1) is 12.4 Å². The van der Waals surface area contributed by atoms with E-state index in [1.54, 1.807) is 11.6 Å². The first-order valence-corrected chi connectivity index (χ1v) is 10.8. The summed E-state index contributed by atoms with van der Waals surface area (Å²) < 4.78 is 4.07. The Labute approximate surface area is 203 Å². The molecule has 0 aliphatic carbocycles. The summed E-state index contributed by atoms with van der Waals surface area (Å²) in [4.78, 5) is 29.9. The molecule has 0 amide bonds. The Hall–Kier alpha value is -3.40. The van der Waals surface area contributed by atoms with E-state index in [1.807, 2.05) is 60.7 Å². The zero-order valence-corrected chi connectivity index (χ0v) is 20.0. The molecule has 0 saturated carbocycles. The Morgan fingerprint density at radius 2 is 1.50 bits per heavy atom. The van der Waals surface area contributed by atoms with Crippen molar-refractivity contribution in [1.82, 2.24) is 24.0 Å². The molecule has 0 spiro atoms. The van der Waals surface area contributed by atoms with Gasteiger partial charge in [-0.25, -0.2) is 4.79 Å². The van der Waals surface area contributed by atoms with Crippen LogP contribution < -0.4 is 21.9 Å². The number of benzene rings is 2. The van der Waals surface area contributed by atoms with E-state index in [-0.39, 0.29) is 30.1 Å². The number of fused-ring (bicyclic) bond motifs is 1. The van der Waals surface area contributed by atoms with Crippen molar-refractivity contribution in [3.63, 3.8) is 0 Å². The maximum absolute atomic E-state index is 13.0. The zero-order valence-electron chi connectivity index (χ0n) is 19.1. The lowest BCUT2D eigenvalue weighted by Gasteiger charge is -2.16. The van der Waals surface area contributed by atoms with Gasteiger partial charge < -0.3 is 20.3 Å². The van der Waals surface area contributed by atoms with E-state index in [9.17, 15) is 14.7 Å². The number of imidazole rings is 1. The summed E-state index contributed by atoms with van der Waals surface area (Å²) in [6.07, 6.45) is -0.773. The Kier molecular flexibility index (Phi) is 8.27. The van der Waals surface area contributed by atoms with E-state index >= 15 is 0 Å². The van der Waals surface area contributed by atoms with Crippen LogP contribution in [0.25, 0.3) is 11.2 Å². The highest BCUT2D eigenvalue weighted by Gasteiger charge is 2.21. The van der Waals surface area contributed by atoms with Crippen LogP contribution >= 0.6 is 12.4 Å². The number of aryl methyl sites for hydroxylation is 1. The predicted molar refractivity (Wildman–Crippen MR) is 135 cm³/mol. The molecule has 0 aliphatic heterocycles. The maximum atomic E-state index is 13.0. The fourth-order valence-corrected chi connectivity index (χ4v) is 3.79. The highest BCUT2D eigenvalue weighted by atomic mass is 35.5. The molecule has 4 rings (SSSR count). The SMILES string of the molecule is Cl.Cn1c(=O)c2c(nc(NCc3ccccc3)n2CC(O)CNCc2ccccc2)n(C)c1=O. The summed E-state index contributed by atoms with van der Waals surface area (Å²) in [5, 5.41) is 17.2. The molecule has 180 valence electrons. The Bertz CT molecular complexity index is 1350. The van der Waals surface area contributed by atoms with Crippen molar-refractivity contribution in [1.29, 1.82) is 0 Å². The molecule has 3 N–H and O–H groups in total. The molecule has 2 heterocycles. The predicted octanol–water partition coefficient (Wildman–Crippen LogP) is 1.62. The van der Waals surface area contributed by atoms with Crippen molar-refractivity contribution in [3.05, 3.63) is 92.6 Å². The number of aliphatic hydroxyl groups is 1. The monoisotopic (exact) mass is 484 g/mol. The van der Waals surface area contributed by atoms with E-state index in [0.717, 1.165) is 15.7 Å². The molecule has 1 atom stereocenters. The molecule has 0 fully saturated rings. The van der Waals surface area contributed by atoms with Crippen LogP contribution in [0.15, 0.2) is 70.3 Å². The van der Waals surface area contributed by atoms with Gasteiger partial charge in [0.25, 0.3) is 5.56 Å². The van der Waals surface area contributed by atoms with Crippen LogP contribution in [0.1, 0.15) is 11.1 Å². The van der Waals surface area contributed by atoms with Crippen LogP contribution in [-0.2, 0) is 33.7 Å². The lowest BCUT2D eigenvalue weighted by atomic mass is 10.2. The number of aromatic nitrogens is 4. The molecule has 4 aromatic rings. The van der Waals surface area contributed by atoms with Crippen molar-refractivity contribution in [3.8, 4) is 0 Å². The molecule has 10 heteroatoms. The lowest BCUT2D eigenvalue weighted by molar-refractivity contribution is 0.153. The molecule has 0 bridgehead atoms. The summed E-state index contributed by atoms with van der Waals surface area (Å²) in [6, 6.07) is 19.7. The summed E-state index contributed by atoms with van der Waals surface area (Å²) in [5.74, 6) is 0.425. The van der Waals surface area contributed by atoms with Crippen molar-refractivity contribution in [2.24, 2.45) is 14.1 Å². The van der Waals surface area contributed by atoms with Crippen LogP contribution in [0, 0.1) is 0 Å². The first-order valence-electron chi connectivity index (χ1n) is 10.8. The molecule has 9 nitrogen and oxygen atoms in total. The van der Waals surface area contributed by atoms with Gasteiger partial charge in [0.05, 0.1) is 12.6 Å². The van der Waals surface area contributed by atoms with Crippen LogP contribution in [0.5, 0.6) is 0 Å². The van der Waals surface area contributed by atoms with Crippen molar-refractivity contribution >= 4 is 29.5 Å². The fourth-order valence-electron chi connectivity index (χ4n) is 3.79. The minimum Gasteiger partial charge on any atom is -0.390 e. The lowest BCUT2D eigenvalue weighted by Crippen LogP contribution is -2.38. The molecule has 34 heavy (non-hydrogen) atoms. The summed E-state index contributed by atoms with van der Waals surface area (Å²) in [7, 11) is 3.02. The van der Waals surface area contributed by atoms with Gasteiger partial charge in [0.1, 0.15) is 0 Å². The average Bonchev–Trinajstić information content (AvgIpc) is 3.19. The number of nitrogens with zero attached hydrogens (tertiary/aromatic N) is 4. The number of anilines is 1. The second kappa shape index (κ2) is 11.1. The largest absolute Gasteiger partial charge is 0.390 e. The first kappa shape index (κ1) is 25.2. The van der Waals surface area contributed by atoms with Gasteiger partial charge in [0.2, 0.25) is 5.95 Å². The number of hydrogen-bond acceptors (Lipinski definition) is 6. The molecule has 0 radical (unpaired) electrons. The third kappa shape index (κ3) is 5.39. The highest BCUT2D eigenvalue weighted by Crippen LogP contribution is 2.17. The molecular weight excluding hydrogens is 456 g/mol. The quantitative estimate of drug-likeness (QED) is 0.333. The molecular formula is C24H29ClN6O3. The normalized spacial score (nSPS) is 11.9. The molecule has 2 aromatic heterocycles. The topological polar surface area (TPSA) is 106 Å². The Morgan fingerprint density at radius 1 is 0.912 bits per heavy atom. The maximum Gasteiger partial charge on any atom is 0.332 e. The van der Waals surface area contributed by atoms with Gasteiger partial charge in [-0.3, -0.25) is 13.9 Å². The van der Waals surface area contributed by atoms with Gasteiger partial charge in [-0.2, -0.15) is 4.98 Å². The second-order valence-electron chi connectivity index (χ2n) is 8.03. The number of aliphatic hydroxyl groups excluding tert-OH is 1. The Balaban J connectivity index is 0.00000324. The van der Waals surface area contributed by atoms with Crippen molar-refractivity contribution in [2.75, 3.05) is 11.9 Å². The summed E-state index contributed by atoms with van der Waals surface area (Å²) in [5.41, 5.74) is 1.82. The third-order valence-electron chi connectivity index (χ3n) is 5.59. The van der Waals surface area contributed by atoms with Crippen molar-refractivity contribution < 1.29 is 5.11 Å². The number of rotatable bonds is 9. The molecule has 2 aromatic carbocycles. The van der Waals surface area contributed by atoms with E-state index in [2.05, 4.69) is 15.6 Å². The van der Waals surface area contributed by atoms with Crippen LogP contribution in [0.2, 0.25) is 0 Å². The molecule has 1 unspecified atom stereocenters. The van der Waals surface area contributed by atoms with E-state index in [0.29, 0.717) is 25.6 Å². The van der Waals surface area contributed by atoms with E-state index in [4.69, 9.17) is 0 Å².